The maximum absolute atomic E-state index is 12.1. The molecule has 2 aromatic rings. The van der Waals surface area contributed by atoms with Crippen LogP contribution in [0.5, 0.6) is 0 Å². The van der Waals surface area contributed by atoms with Gasteiger partial charge in [-0.15, -0.1) is 0 Å². The molecule has 0 atom stereocenters. The Kier molecular flexibility index (Phi) is 3.97. The molecular weight excluding hydrogens is 264 g/mol. The molecule has 0 saturated heterocycles. The number of aryl methyl sites for hydroxylation is 1. The minimum Gasteiger partial charge on any atom is -0.387 e. The molecule has 1 amide bonds. The average Bonchev–Trinajstić information content (AvgIpc) is 2.41. The summed E-state index contributed by atoms with van der Waals surface area (Å²) in [6, 6.07) is 5.11. The second kappa shape index (κ2) is 5.67. The first-order valence-corrected chi connectivity index (χ1v) is 6.05. The zero-order valence-corrected chi connectivity index (χ0v) is 11.3. The van der Waals surface area contributed by atoms with Crippen LogP contribution in [0.4, 0.5) is 11.5 Å². The fourth-order valence-corrected chi connectivity index (χ4v) is 1.69. The van der Waals surface area contributed by atoms with E-state index in [1.807, 2.05) is 13.0 Å². The maximum atomic E-state index is 12.1. The summed E-state index contributed by atoms with van der Waals surface area (Å²) >= 11 is 5.74. The van der Waals surface area contributed by atoms with Gasteiger partial charge in [0, 0.05) is 25.1 Å². The number of hydrogen-bond donors (Lipinski definition) is 2. The average molecular weight is 277 g/mol. The monoisotopic (exact) mass is 276 g/mol. The quantitative estimate of drug-likeness (QED) is 0.905. The van der Waals surface area contributed by atoms with E-state index in [-0.39, 0.29) is 5.91 Å². The Labute approximate surface area is 116 Å². The molecule has 0 unspecified atom stereocenters. The zero-order chi connectivity index (χ0) is 13.8. The number of rotatable bonds is 3. The number of carbonyl (C=O) groups is 1. The lowest BCUT2D eigenvalue weighted by molar-refractivity contribution is 0.102. The van der Waals surface area contributed by atoms with Gasteiger partial charge in [-0.2, -0.15) is 0 Å². The number of nitrogens with zero attached hydrogens (tertiary/aromatic N) is 2. The third kappa shape index (κ3) is 3.20. The number of aromatic nitrogens is 2. The van der Waals surface area contributed by atoms with E-state index < -0.39 is 0 Å². The van der Waals surface area contributed by atoms with Gasteiger partial charge in [-0.1, -0.05) is 11.6 Å². The van der Waals surface area contributed by atoms with Crippen LogP contribution in [-0.2, 0) is 0 Å². The van der Waals surface area contributed by atoms with Gasteiger partial charge in [0.15, 0.2) is 0 Å². The lowest BCUT2D eigenvalue weighted by Crippen LogP contribution is -2.15. The minimum absolute atomic E-state index is 0.272. The first-order chi connectivity index (χ1) is 9.10. The summed E-state index contributed by atoms with van der Waals surface area (Å²) in [7, 11) is 1.76. The third-order valence-corrected chi connectivity index (χ3v) is 2.75. The van der Waals surface area contributed by atoms with Crippen molar-refractivity contribution in [3.05, 3.63) is 46.9 Å². The highest BCUT2D eigenvalue weighted by Crippen LogP contribution is 2.17. The van der Waals surface area contributed by atoms with E-state index in [4.69, 9.17) is 11.6 Å². The highest BCUT2D eigenvalue weighted by atomic mass is 35.5. The second-order valence-electron chi connectivity index (χ2n) is 3.94. The normalized spacial score (nSPS) is 10.1. The number of halogens is 1. The Hall–Kier alpha value is -2.14. The standard InChI is InChI=1S/C13H13ClN4O/c1-8-5-11(15-2)10(7-16-8)13(19)18-12-4-3-9(14)6-17-12/h3-7H,1-2H3,(H,15,16)(H,17,18,19). The van der Waals surface area contributed by atoms with Crippen molar-refractivity contribution in [2.45, 2.75) is 6.92 Å². The molecule has 6 heteroatoms. The number of amides is 1. The van der Waals surface area contributed by atoms with Crippen molar-refractivity contribution < 1.29 is 4.79 Å². The highest BCUT2D eigenvalue weighted by Gasteiger charge is 2.12. The summed E-state index contributed by atoms with van der Waals surface area (Å²) in [4.78, 5) is 20.3. The van der Waals surface area contributed by atoms with Gasteiger partial charge in [0.2, 0.25) is 0 Å². The smallest absolute Gasteiger partial charge is 0.260 e. The molecule has 2 heterocycles. The van der Waals surface area contributed by atoms with Gasteiger partial charge < -0.3 is 10.6 Å². The van der Waals surface area contributed by atoms with Gasteiger partial charge in [-0.25, -0.2) is 4.98 Å². The fraction of sp³-hybridized carbons (Fsp3) is 0.154. The Balaban J connectivity index is 2.22. The van der Waals surface area contributed by atoms with Crippen molar-refractivity contribution >= 4 is 29.0 Å². The first kappa shape index (κ1) is 13.3. The van der Waals surface area contributed by atoms with Crippen LogP contribution in [0.15, 0.2) is 30.6 Å². The third-order valence-electron chi connectivity index (χ3n) is 2.52. The molecule has 5 nitrogen and oxygen atoms in total. The molecule has 19 heavy (non-hydrogen) atoms. The van der Waals surface area contributed by atoms with Crippen LogP contribution in [0.2, 0.25) is 5.02 Å². The van der Waals surface area contributed by atoms with Crippen LogP contribution in [0.1, 0.15) is 16.1 Å². The maximum Gasteiger partial charge on any atom is 0.260 e. The summed E-state index contributed by atoms with van der Waals surface area (Å²) in [6.45, 7) is 1.86. The number of pyridine rings is 2. The topological polar surface area (TPSA) is 66.9 Å². The van der Waals surface area contributed by atoms with Crippen LogP contribution < -0.4 is 10.6 Å². The van der Waals surface area contributed by atoms with Gasteiger partial charge in [-0.3, -0.25) is 9.78 Å². The van der Waals surface area contributed by atoms with Crippen molar-refractivity contribution in [1.82, 2.24) is 9.97 Å². The molecule has 2 aromatic heterocycles. The lowest BCUT2D eigenvalue weighted by atomic mass is 10.2. The Morgan fingerprint density at radius 3 is 2.68 bits per heavy atom. The Bertz CT molecular complexity index is 598. The van der Waals surface area contributed by atoms with Crippen LogP contribution in [-0.4, -0.2) is 22.9 Å². The number of nitrogens with one attached hydrogen (secondary N) is 2. The van der Waals surface area contributed by atoms with E-state index in [9.17, 15) is 4.79 Å². The van der Waals surface area contributed by atoms with Crippen molar-refractivity contribution in [2.24, 2.45) is 0 Å². The van der Waals surface area contributed by atoms with E-state index >= 15 is 0 Å². The molecule has 0 aliphatic carbocycles. The van der Waals surface area contributed by atoms with Crippen molar-refractivity contribution in [1.29, 1.82) is 0 Å². The number of anilines is 2. The Morgan fingerprint density at radius 2 is 2.05 bits per heavy atom. The summed E-state index contributed by atoms with van der Waals surface area (Å²) in [5.41, 5.74) is 2.02. The minimum atomic E-state index is -0.272. The van der Waals surface area contributed by atoms with E-state index in [0.29, 0.717) is 16.4 Å². The number of carbonyl (C=O) groups excluding carboxylic acids is 1. The summed E-state index contributed by atoms with van der Waals surface area (Å²) in [5.74, 6) is 0.170. The molecule has 98 valence electrons. The number of hydrogen-bond acceptors (Lipinski definition) is 4. The van der Waals surface area contributed by atoms with Gasteiger partial charge in [0.1, 0.15) is 5.82 Å². The molecule has 0 radical (unpaired) electrons. The Morgan fingerprint density at radius 1 is 1.26 bits per heavy atom. The summed E-state index contributed by atoms with van der Waals surface area (Å²) in [5, 5.41) is 6.18. The predicted octanol–water partition coefficient (Wildman–Crippen LogP) is 2.73. The molecule has 0 aromatic carbocycles. The molecule has 2 N–H and O–H groups in total. The summed E-state index contributed by atoms with van der Waals surface area (Å²) in [6.07, 6.45) is 3.01. The van der Waals surface area contributed by atoms with E-state index in [2.05, 4.69) is 20.6 Å². The van der Waals surface area contributed by atoms with Crippen molar-refractivity contribution in [3.63, 3.8) is 0 Å². The van der Waals surface area contributed by atoms with Gasteiger partial charge >= 0.3 is 0 Å². The highest BCUT2D eigenvalue weighted by molar-refractivity contribution is 6.30. The predicted molar refractivity (Wildman–Crippen MR) is 75.7 cm³/mol. The van der Waals surface area contributed by atoms with Crippen molar-refractivity contribution in [3.8, 4) is 0 Å². The largest absolute Gasteiger partial charge is 0.387 e. The fourth-order valence-electron chi connectivity index (χ4n) is 1.58. The molecule has 0 saturated carbocycles. The molecule has 0 spiro atoms. The zero-order valence-electron chi connectivity index (χ0n) is 10.6. The lowest BCUT2D eigenvalue weighted by Gasteiger charge is -2.09. The molecule has 0 aliphatic heterocycles. The molecule has 0 bridgehead atoms. The van der Waals surface area contributed by atoms with Crippen LogP contribution >= 0.6 is 11.6 Å². The van der Waals surface area contributed by atoms with Crippen LogP contribution in [0, 0.1) is 6.92 Å². The second-order valence-corrected chi connectivity index (χ2v) is 4.37. The first-order valence-electron chi connectivity index (χ1n) is 5.67. The molecule has 2 rings (SSSR count). The molecule has 0 fully saturated rings. The van der Waals surface area contributed by atoms with E-state index in [1.54, 1.807) is 19.2 Å². The van der Waals surface area contributed by atoms with E-state index in [1.165, 1.54) is 12.4 Å². The van der Waals surface area contributed by atoms with Gasteiger partial charge in [-0.05, 0) is 25.1 Å². The summed E-state index contributed by atoms with van der Waals surface area (Å²) < 4.78 is 0. The SMILES string of the molecule is CNc1cc(C)ncc1C(=O)Nc1ccc(Cl)cn1. The van der Waals surface area contributed by atoms with Gasteiger partial charge in [0.25, 0.3) is 5.91 Å². The van der Waals surface area contributed by atoms with Crippen molar-refractivity contribution in [2.75, 3.05) is 17.7 Å². The molecule has 0 aliphatic rings. The van der Waals surface area contributed by atoms with Gasteiger partial charge in [0.05, 0.1) is 16.3 Å². The van der Waals surface area contributed by atoms with E-state index in [0.717, 1.165) is 11.4 Å². The van der Waals surface area contributed by atoms with Crippen LogP contribution in [0.25, 0.3) is 0 Å². The van der Waals surface area contributed by atoms with Crippen LogP contribution in [0.3, 0.4) is 0 Å². The molecular formula is C13H13ClN4O.